The highest BCUT2D eigenvalue weighted by molar-refractivity contribution is 8.00. The standard InChI is InChI=1S/C8H16OS/c1-4-5-6-10-8(2,3)7-9/h4,9H,1,5-7H2,2-3H3. The van der Waals surface area contributed by atoms with Crippen LogP contribution in [-0.4, -0.2) is 22.2 Å². The van der Waals surface area contributed by atoms with Gasteiger partial charge in [0.15, 0.2) is 0 Å². The summed E-state index contributed by atoms with van der Waals surface area (Å²) in [5, 5.41) is 8.85. The first-order chi connectivity index (χ1) is 4.62. The summed E-state index contributed by atoms with van der Waals surface area (Å²) in [6.45, 7) is 7.96. The molecule has 0 saturated carbocycles. The second-order valence-corrected chi connectivity index (χ2v) is 4.65. The second kappa shape index (κ2) is 4.80. The molecule has 0 bridgehead atoms. The first-order valence-electron chi connectivity index (χ1n) is 3.48. The molecule has 0 unspecified atom stereocenters. The molecule has 10 heavy (non-hydrogen) atoms. The minimum Gasteiger partial charge on any atom is -0.395 e. The maximum absolute atomic E-state index is 8.85. The Morgan fingerprint density at radius 1 is 1.60 bits per heavy atom. The number of hydrogen-bond acceptors (Lipinski definition) is 2. The van der Waals surface area contributed by atoms with Crippen LogP contribution in [0.15, 0.2) is 12.7 Å². The smallest absolute Gasteiger partial charge is 0.0572 e. The quantitative estimate of drug-likeness (QED) is 0.491. The highest BCUT2D eigenvalue weighted by Crippen LogP contribution is 2.23. The van der Waals surface area contributed by atoms with Gasteiger partial charge in [-0.25, -0.2) is 0 Å². The fourth-order valence-corrected chi connectivity index (χ4v) is 1.39. The Morgan fingerprint density at radius 3 is 2.60 bits per heavy atom. The number of aliphatic hydroxyl groups is 1. The van der Waals surface area contributed by atoms with Crippen molar-refractivity contribution in [2.75, 3.05) is 12.4 Å². The topological polar surface area (TPSA) is 20.2 Å². The first-order valence-corrected chi connectivity index (χ1v) is 4.46. The van der Waals surface area contributed by atoms with E-state index in [-0.39, 0.29) is 11.4 Å². The van der Waals surface area contributed by atoms with E-state index in [2.05, 4.69) is 6.58 Å². The lowest BCUT2D eigenvalue weighted by Crippen LogP contribution is -2.20. The molecule has 0 aliphatic carbocycles. The van der Waals surface area contributed by atoms with Gasteiger partial charge in [0.25, 0.3) is 0 Å². The zero-order valence-corrected chi connectivity index (χ0v) is 7.58. The number of aliphatic hydroxyl groups excluding tert-OH is 1. The van der Waals surface area contributed by atoms with E-state index in [9.17, 15) is 0 Å². The molecule has 1 N–H and O–H groups in total. The van der Waals surface area contributed by atoms with E-state index in [0.29, 0.717) is 0 Å². The molecule has 0 aromatic carbocycles. The molecule has 0 aliphatic rings. The first kappa shape index (κ1) is 10.0. The third-order valence-electron chi connectivity index (χ3n) is 1.20. The number of rotatable bonds is 5. The number of hydrogen-bond donors (Lipinski definition) is 1. The van der Waals surface area contributed by atoms with Crippen LogP contribution in [0.2, 0.25) is 0 Å². The third-order valence-corrected chi connectivity index (χ3v) is 2.55. The van der Waals surface area contributed by atoms with Gasteiger partial charge >= 0.3 is 0 Å². The van der Waals surface area contributed by atoms with Crippen molar-refractivity contribution in [2.45, 2.75) is 25.0 Å². The van der Waals surface area contributed by atoms with Crippen LogP contribution in [0, 0.1) is 0 Å². The van der Waals surface area contributed by atoms with Gasteiger partial charge in [0, 0.05) is 4.75 Å². The molecule has 0 aliphatic heterocycles. The molecule has 0 fully saturated rings. The van der Waals surface area contributed by atoms with Crippen molar-refractivity contribution in [3.63, 3.8) is 0 Å². The van der Waals surface area contributed by atoms with E-state index in [1.807, 2.05) is 19.9 Å². The molecule has 0 heterocycles. The summed E-state index contributed by atoms with van der Waals surface area (Å²) in [6, 6.07) is 0. The van der Waals surface area contributed by atoms with Crippen LogP contribution in [-0.2, 0) is 0 Å². The SMILES string of the molecule is C=CCCSC(C)(C)CO. The average Bonchev–Trinajstić information content (AvgIpc) is 1.89. The van der Waals surface area contributed by atoms with E-state index in [1.54, 1.807) is 11.8 Å². The predicted octanol–water partition coefficient (Wildman–Crippen LogP) is 2.07. The maximum atomic E-state index is 8.85. The summed E-state index contributed by atoms with van der Waals surface area (Å²) < 4.78 is 0.0169. The fourth-order valence-electron chi connectivity index (χ4n) is 0.464. The summed E-state index contributed by atoms with van der Waals surface area (Å²) in [7, 11) is 0. The Morgan fingerprint density at radius 2 is 2.20 bits per heavy atom. The van der Waals surface area contributed by atoms with Crippen LogP contribution in [0.5, 0.6) is 0 Å². The van der Waals surface area contributed by atoms with Gasteiger partial charge in [-0.1, -0.05) is 6.08 Å². The van der Waals surface area contributed by atoms with Crippen molar-refractivity contribution < 1.29 is 5.11 Å². The highest BCUT2D eigenvalue weighted by Gasteiger charge is 2.15. The third kappa shape index (κ3) is 4.89. The molecular formula is C8H16OS. The Balaban J connectivity index is 3.36. The average molecular weight is 160 g/mol. The van der Waals surface area contributed by atoms with Crippen molar-refractivity contribution in [3.8, 4) is 0 Å². The summed E-state index contributed by atoms with van der Waals surface area (Å²) in [5.41, 5.74) is 0. The van der Waals surface area contributed by atoms with Crippen LogP contribution >= 0.6 is 11.8 Å². The molecule has 0 saturated heterocycles. The normalized spacial score (nSPS) is 11.5. The van der Waals surface area contributed by atoms with E-state index in [4.69, 9.17) is 5.11 Å². The van der Waals surface area contributed by atoms with Gasteiger partial charge in [-0.15, -0.1) is 6.58 Å². The molecule has 0 radical (unpaired) electrons. The summed E-state index contributed by atoms with van der Waals surface area (Å²) in [4.78, 5) is 0. The Bertz CT molecular complexity index is 99.4. The van der Waals surface area contributed by atoms with Crippen molar-refractivity contribution >= 4 is 11.8 Å². The molecule has 0 atom stereocenters. The van der Waals surface area contributed by atoms with Crippen LogP contribution in [0.4, 0.5) is 0 Å². The molecule has 0 spiro atoms. The second-order valence-electron chi connectivity index (χ2n) is 2.84. The molecule has 2 heteroatoms. The number of allylic oxidation sites excluding steroid dienone is 1. The lowest BCUT2D eigenvalue weighted by atomic mass is 10.2. The lowest BCUT2D eigenvalue weighted by molar-refractivity contribution is 0.265. The predicted molar refractivity (Wildman–Crippen MR) is 48.4 cm³/mol. The summed E-state index contributed by atoms with van der Waals surface area (Å²) in [5.74, 6) is 1.05. The monoisotopic (exact) mass is 160 g/mol. The molecule has 0 aromatic rings. The zero-order chi connectivity index (χ0) is 8.04. The largest absolute Gasteiger partial charge is 0.395 e. The number of thioether (sulfide) groups is 1. The molecule has 60 valence electrons. The van der Waals surface area contributed by atoms with Gasteiger partial charge in [0.2, 0.25) is 0 Å². The molecule has 1 nitrogen and oxygen atoms in total. The van der Waals surface area contributed by atoms with Crippen LogP contribution in [0.3, 0.4) is 0 Å². The van der Waals surface area contributed by atoms with Crippen molar-refractivity contribution in [1.29, 1.82) is 0 Å². The van der Waals surface area contributed by atoms with Gasteiger partial charge < -0.3 is 5.11 Å². The van der Waals surface area contributed by atoms with Crippen LogP contribution < -0.4 is 0 Å². The highest BCUT2D eigenvalue weighted by atomic mass is 32.2. The maximum Gasteiger partial charge on any atom is 0.0572 e. The van der Waals surface area contributed by atoms with Crippen molar-refractivity contribution in [3.05, 3.63) is 12.7 Å². The minimum atomic E-state index is 0.0169. The minimum absolute atomic E-state index is 0.0169. The van der Waals surface area contributed by atoms with Gasteiger partial charge in [0.1, 0.15) is 0 Å². The van der Waals surface area contributed by atoms with Gasteiger partial charge in [-0.3, -0.25) is 0 Å². The van der Waals surface area contributed by atoms with Crippen molar-refractivity contribution in [2.24, 2.45) is 0 Å². The van der Waals surface area contributed by atoms with Crippen molar-refractivity contribution in [1.82, 2.24) is 0 Å². The molecule has 0 aromatic heterocycles. The molecular weight excluding hydrogens is 144 g/mol. The lowest BCUT2D eigenvalue weighted by Gasteiger charge is -2.19. The van der Waals surface area contributed by atoms with Crippen LogP contribution in [0.1, 0.15) is 20.3 Å². The summed E-state index contributed by atoms with van der Waals surface area (Å²) in [6.07, 6.45) is 2.93. The Labute approximate surface area is 67.5 Å². The van der Waals surface area contributed by atoms with E-state index in [0.717, 1.165) is 12.2 Å². The van der Waals surface area contributed by atoms with Crippen LogP contribution in [0.25, 0.3) is 0 Å². The van der Waals surface area contributed by atoms with Gasteiger partial charge in [-0.2, -0.15) is 11.8 Å². The van der Waals surface area contributed by atoms with E-state index < -0.39 is 0 Å². The zero-order valence-electron chi connectivity index (χ0n) is 6.76. The van der Waals surface area contributed by atoms with E-state index >= 15 is 0 Å². The van der Waals surface area contributed by atoms with E-state index in [1.165, 1.54) is 0 Å². The molecule has 0 amide bonds. The molecule has 0 rings (SSSR count). The Kier molecular flexibility index (Phi) is 4.83. The fraction of sp³-hybridized carbons (Fsp3) is 0.750. The summed E-state index contributed by atoms with van der Waals surface area (Å²) >= 11 is 1.78. The Hall–Kier alpha value is 0.0500. The van der Waals surface area contributed by atoms with Gasteiger partial charge in [-0.05, 0) is 26.0 Å². The van der Waals surface area contributed by atoms with Gasteiger partial charge in [0.05, 0.1) is 6.61 Å².